The van der Waals surface area contributed by atoms with Crippen LogP contribution in [0.15, 0.2) is 108 Å². The van der Waals surface area contributed by atoms with Crippen molar-refractivity contribution in [2.24, 2.45) is 0 Å². The minimum Gasteiger partial charge on any atom is -0.352 e. The molecule has 1 fully saturated rings. The van der Waals surface area contributed by atoms with Crippen LogP contribution in [-0.2, 0) is 32.6 Å². The van der Waals surface area contributed by atoms with Crippen LogP contribution in [-0.4, -0.2) is 43.8 Å². The summed E-state index contributed by atoms with van der Waals surface area (Å²) in [5, 5.41) is 3.66. The van der Waals surface area contributed by atoms with Gasteiger partial charge in [0, 0.05) is 24.0 Å². The SMILES string of the molecule is Cc1ccc(S(=O)(=O)N(CC(=O)N(Cc2ccccc2Cl)[C@H](Cc2ccccc2)C(=O)NC2CCCC2)c2ccc(C(C)C)cc2)cc1. The molecule has 4 aromatic rings. The number of carbonyl (C=O) groups excluding carboxylic acids is 2. The highest BCUT2D eigenvalue weighted by Crippen LogP contribution is 2.28. The first-order valence-electron chi connectivity index (χ1n) is 16.6. The molecule has 1 aliphatic carbocycles. The molecular formula is C39H44ClN3O4S. The Morgan fingerprint density at radius 2 is 1.48 bits per heavy atom. The summed E-state index contributed by atoms with van der Waals surface area (Å²) < 4.78 is 29.8. The van der Waals surface area contributed by atoms with Gasteiger partial charge in [0.15, 0.2) is 0 Å². The molecule has 0 bridgehead atoms. The van der Waals surface area contributed by atoms with Crippen LogP contribution in [0.3, 0.4) is 0 Å². The molecule has 0 heterocycles. The largest absolute Gasteiger partial charge is 0.352 e. The molecule has 1 N–H and O–H groups in total. The van der Waals surface area contributed by atoms with E-state index in [-0.39, 0.29) is 35.7 Å². The number of anilines is 1. The molecular weight excluding hydrogens is 642 g/mol. The minimum absolute atomic E-state index is 0.0266. The Balaban J connectivity index is 1.58. The number of hydrogen-bond donors (Lipinski definition) is 1. The fourth-order valence-corrected chi connectivity index (χ4v) is 7.73. The van der Waals surface area contributed by atoms with E-state index in [1.807, 2.05) is 67.6 Å². The third-order valence-corrected chi connectivity index (χ3v) is 11.2. The van der Waals surface area contributed by atoms with E-state index in [1.165, 1.54) is 4.90 Å². The van der Waals surface area contributed by atoms with Crippen molar-refractivity contribution in [2.75, 3.05) is 10.8 Å². The van der Waals surface area contributed by atoms with Crippen LogP contribution in [0.4, 0.5) is 5.69 Å². The summed E-state index contributed by atoms with van der Waals surface area (Å²) in [7, 11) is -4.18. The van der Waals surface area contributed by atoms with Gasteiger partial charge in [0.1, 0.15) is 12.6 Å². The fraction of sp³-hybridized carbons (Fsp3) is 0.333. The van der Waals surface area contributed by atoms with Gasteiger partial charge in [-0.05, 0) is 72.7 Å². The minimum atomic E-state index is -4.18. The number of rotatable bonds is 13. The summed E-state index contributed by atoms with van der Waals surface area (Å²) >= 11 is 6.62. The second-order valence-corrected chi connectivity index (χ2v) is 15.1. The first-order chi connectivity index (χ1) is 23.0. The molecule has 48 heavy (non-hydrogen) atoms. The zero-order chi connectivity index (χ0) is 34.3. The predicted molar refractivity (Wildman–Crippen MR) is 193 cm³/mol. The van der Waals surface area contributed by atoms with Gasteiger partial charge in [0.2, 0.25) is 11.8 Å². The van der Waals surface area contributed by atoms with E-state index in [4.69, 9.17) is 11.6 Å². The summed E-state index contributed by atoms with van der Waals surface area (Å²) in [5.41, 5.74) is 3.87. The first kappa shape index (κ1) is 35.2. The standard InChI is InChI=1S/C39H44ClN3O4S/c1-28(2)31-19-21-34(22-20-31)43(48(46,47)35-23-17-29(3)18-24-35)27-38(44)42(26-32-13-7-10-16-36(32)40)37(25-30-11-5-4-6-12-30)39(45)41-33-14-8-9-15-33/h4-7,10-13,16-24,28,33,37H,8-9,14-15,25-27H2,1-3H3,(H,41,45)/t37-/m1/s1. The number of amides is 2. The van der Waals surface area contributed by atoms with Crippen LogP contribution in [0.1, 0.15) is 67.7 Å². The van der Waals surface area contributed by atoms with Gasteiger partial charge in [-0.25, -0.2) is 8.42 Å². The highest BCUT2D eigenvalue weighted by molar-refractivity contribution is 7.92. The summed E-state index contributed by atoms with van der Waals surface area (Å²) in [6.45, 7) is 5.53. The molecule has 0 unspecified atom stereocenters. The lowest BCUT2D eigenvalue weighted by molar-refractivity contribution is -0.140. The molecule has 0 aliphatic heterocycles. The highest BCUT2D eigenvalue weighted by atomic mass is 35.5. The summed E-state index contributed by atoms with van der Waals surface area (Å²) in [6, 6.07) is 29.7. The van der Waals surface area contributed by atoms with Crippen molar-refractivity contribution in [3.63, 3.8) is 0 Å². The molecule has 0 aromatic heterocycles. The maximum atomic E-state index is 14.7. The number of sulfonamides is 1. The van der Waals surface area contributed by atoms with E-state index in [1.54, 1.807) is 42.5 Å². The molecule has 5 rings (SSSR count). The number of nitrogens with zero attached hydrogens (tertiary/aromatic N) is 2. The Morgan fingerprint density at radius 1 is 0.854 bits per heavy atom. The number of carbonyl (C=O) groups is 2. The lowest BCUT2D eigenvalue weighted by atomic mass is 10.0. The molecule has 0 spiro atoms. The maximum absolute atomic E-state index is 14.7. The second-order valence-electron chi connectivity index (χ2n) is 12.9. The lowest BCUT2D eigenvalue weighted by Gasteiger charge is -2.34. The Bertz CT molecular complexity index is 1790. The molecule has 4 aromatic carbocycles. The van der Waals surface area contributed by atoms with Gasteiger partial charge >= 0.3 is 0 Å². The van der Waals surface area contributed by atoms with Crippen molar-refractivity contribution in [1.29, 1.82) is 0 Å². The third kappa shape index (κ3) is 8.65. The zero-order valence-corrected chi connectivity index (χ0v) is 29.4. The average Bonchev–Trinajstić information content (AvgIpc) is 3.59. The van der Waals surface area contributed by atoms with Crippen LogP contribution in [0, 0.1) is 6.92 Å². The first-order valence-corrected chi connectivity index (χ1v) is 18.4. The number of aryl methyl sites for hydroxylation is 1. The molecule has 252 valence electrons. The van der Waals surface area contributed by atoms with Crippen molar-refractivity contribution in [2.45, 2.75) is 82.3 Å². The van der Waals surface area contributed by atoms with Crippen LogP contribution in [0.2, 0.25) is 5.02 Å². The zero-order valence-electron chi connectivity index (χ0n) is 27.8. The molecule has 2 amide bonds. The van der Waals surface area contributed by atoms with Gasteiger partial charge in [-0.1, -0.05) is 117 Å². The van der Waals surface area contributed by atoms with Gasteiger partial charge in [-0.3, -0.25) is 13.9 Å². The van der Waals surface area contributed by atoms with Crippen LogP contribution in [0.5, 0.6) is 0 Å². The topological polar surface area (TPSA) is 86.8 Å². The highest BCUT2D eigenvalue weighted by Gasteiger charge is 2.36. The third-order valence-electron chi connectivity index (χ3n) is 9.01. The molecule has 1 aliphatic rings. The van der Waals surface area contributed by atoms with Crippen LogP contribution >= 0.6 is 11.6 Å². The molecule has 9 heteroatoms. The van der Waals surface area contributed by atoms with Gasteiger partial charge in [-0.2, -0.15) is 0 Å². The smallest absolute Gasteiger partial charge is 0.264 e. The van der Waals surface area contributed by atoms with E-state index in [9.17, 15) is 18.0 Å². The van der Waals surface area contributed by atoms with Gasteiger partial charge < -0.3 is 10.2 Å². The number of benzene rings is 4. The Labute approximate surface area is 290 Å². The van der Waals surface area contributed by atoms with E-state index in [0.29, 0.717) is 16.3 Å². The second kappa shape index (κ2) is 15.8. The van der Waals surface area contributed by atoms with E-state index in [0.717, 1.165) is 46.7 Å². The average molecular weight is 686 g/mol. The van der Waals surface area contributed by atoms with Gasteiger partial charge in [0.25, 0.3) is 10.0 Å². The summed E-state index contributed by atoms with van der Waals surface area (Å²) in [6.07, 6.45) is 4.10. The number of halogens is 1. The van der Waals surface area contributed by atoms with Crippen molar-refractivity contribution in [1.82, 2.24) is 10.2 Å². The molecule has 1 saturated carbocycles. The normalized spacial score (nSPS) is 14.1. The van der Waals surface area contributed by atoms with Crippen molar-refractivity contribution in [3.05, 3.63) is 130 Å². The summed E-state index contributed by atoms with van der Waals surface area (Å²) in [5.74, 6) is -0.535. The lowest BCUT2D eigenvalue weighted by Crippen LogP contribution is -2.54. The van der Waals surface area contributed by atoms with Crippen LogP contribution in [0.25, 0.3) is 0 Å². The molecule has 7 nitrogen and oxygen atoms in total. The predicted octanol–water partition coefficient (Wildman–Crippen LogP) is 7.67. The Morgan fingerprint density at radius 3 is 2.10 bits per heavy atom. The number of nitrogens with one attached hydrogen (secondary N) is 1. The molecule has 0 saturated heterocycles. The van der Waals surface area contributed by atoms with Crippen molar-refractivity contribution >= 4 is 39.1 Å². The summed E-state index contributed by atoms with van der Waals surface area (Å²) in [4.78, 5) is 30.5. The monoisotopic (exact) mass is 685 g/mol. The van der Waals surface area contributed by atoms with Crippen LogP contribution < -0.4 is 9.62 Å². The van der Waals surface area contributed by atoms with Crippen molar-refractivity contribution in [3.8, 4) is 0 Å². The van der Waals surface area contributed by atoms with Gasteiger partial charge in [0.05, 0.1) is 10.6 Å². The number of hydrogen-bond acceptors (Lipinski definition) is 4. The Kier molecular flexibility index (Phi) is 11.6. The van der Waals surface area contributed by atoms with E-state index >= 15 is 0 Å². The van der Waals surface area contributed by atoms with E-state index < -0.39 is 28.5 Å². The van der Waals surface area contributed by atoms with Gasteiger partial charge in [-0.15, -0.1) is 0 Å². The quantitative estimate of drug-likeness (QED) is 0.157. The fourth-order valence-electron chi connectivity index (χ4n) is 6.12. The maximum Gasteiger partial charge on any atom is 0.264 e. The Hall–Kier alpha value is -4.14. The molecule has 1 atom stereocenters. The van der Waals surface area contributed by atoms with E-state index in [2.05, 4.69) is 19.2 Å². The van der Waals surface area contributed by atoms with Crippen molar-refractivity contribution < 1.29 is 18.0 Å². The molecule has 0 radical (unpaired) electrons.